The van der Waals surface area contributed by atoms with Crippen LogP contribution in [0.1, 0.15) is 30.9 Å². The van der Waals surface area contributed by atoms with Crippen LogP contribution in [0.15, 0.2) is 18.2 Å². The maximum atomic E-state index is 9.60. The van der Waals surface area contributed by atoms with Gasteiger partial charge in [0.1, 0.15) is 5.75 Å². The fraction of sp³-hybridized carbons (Fsp3) is 0.385. The van der Waals surface area contributed by atoms with Crippen LogP contribution in [0.4, 0.5) is 0 Å². The van der Waals surface area contributed by atoms with E-state index in [1.165, 1.54) is 0 Å². The van der Waals surface area contributed by atoms with Gasteiger partial charge in [0.25, 0.3) is 0 Å². The Balaban J connectivity index is 2.66. The SMILES string of the molecule is CCC#CCCc1c(C)cccc1O. The molecule has 1 nitrogen and oxygen atoms in total. The van der Waals surface area contributed by atoms with Crippen LogP contribution in [-0.2, 0) is 6.42 Å². The van der Waals surface area contributed by atoms with Gasteiger partial charge in [-0.25, -0.2) is 0 Å². The van der Waals surface area contributed by atoms with Gasteiger partial charge in [0.2, 0.25) is 0 Å². The zero-order valence-corrected chi connectivity index (χ0v) is 8.80. The molecule has 0 saturated carbocycles. The summed E-state index contributed by atoms with van der Waals surface area (Å²) >= 11 is 0. The average molecular weight is 188 g/mol. The average Bonchev–Trinajstić information content (AvgIpc) is 2.16. The Kier molecular flexibility index (Phi) is 4.07. The molecule has 1 aromatic rings. The summed E-state index contributed by atoms with van der Waals surface area (Å²) in [6.45, 7) is 4.06. The summed E-state index contributed by atoms with van der Waals surface area (Å²) in [7, 11) is 0. The minimum absolute atomic E-state index is 0.392. The topological polar surface area (TPSA) is 20.2 Å². The number of rotatable bonds is 2. The molecular formula is C13H16O. The molecular weight excluding hydrogens is 172 g/mol. The Morgan fingerprint density at radius 1 is 1.29 bits per heavy atom. The fourth-order valence-corrected chi connectivity index (χ4v) is 1.41. The van der Waals surface area contributed by atoms with Crippen molar-refractivity contribution < 1.29 is 5.11 Å². The summed E-state index contributed by atoms with van der Waals surface area (Å²) in [5.74, 6) is 6.49. The van der Waals surface area contributed by atoms with Gasteiger partial charge >= 0.3 is 0 Å². The maximum absolute atomic E-state index is 9.60. The van der Waals surface area contributed by atoms with E-state index in [0.717, 1.165) is 30.4 Å². The lowest BCUT2D eigenvalue weighted by Crippen LogP contribution is -1.89. The zero-order chi connectivity index (χ0) is 10.4. The highest BCUT2D eigenvalue weighted by Gasteiger charge is 2.02. The lowest BCUT2D eigenvalue weighted by atomic mass is 10.0. The molecule has 0 aromatic heterocycles. The predicted molar refractivity (Wildman–Crippen MR) is 59.2 cm³/mol. The second kappa shape index (κ2) is 5.34. The van der Waals surface area contributed by atoms with Gasteiger partial charge in [0.05, 0.1) is 0 Å². The van der Waals surface area contributed by atoms with Crippen molar-refractivity contribution in [3.05, 3.63) is 29.3 Å². The first-order valence-corrected chi connectivity index (χ1v) is 4.99. The molecule has 0 fully saturated rings. The first kappa shape index (κ1) is 10.7. The molecule has 14 heavy (non-hydrogen) atoms. The third kappa shape index (κ3) is 2.81. The number of aromatic hydroxyl groups is 1. The fourth-order valence-electron chi connectivity index (χ4n) is 1.41. The number of hydrogen-bond acceptors (Lipinski definition) is 1. The van der Waals surface area contributed by atoms with Crippen molar-refractivity contribution in [1.29, 1.82) is 0 Å². The lowest BCUT2D eigenvalue weighted by Gasteiger charge is -2.05. The predicted octanol–water partition coefficient (Wildman–Crippen LogP) is 3.05. The number of benzene rings is 1. The second-order valence-corrected chi connectivity index (χ2v) is 3.28. The van der Waals surface area contributed by atoms with Crippen LogP contribution in [0, 0.1) is 18.8 Å². The zero-order valence-electron chi connectivity index (χ0n) is 8.80. The second-order valence-electron chi connectivity index (χ2n) is 3.28. The quantitative estimate of drug-likeness (QED) is 0.707. The molecule has 0 atom stereocenters. The Morgan fingerprint density at radius 3 is 2.71 bits per heavy atom. The molecule has 0 radical (unpaired) electrons. The minimum atomic E-state index is 0.392. The van der Waals surface area contributed by atoms with Gasteiger partial charge < -0.3 is 5.11 Å². The summed E-state index contributed by atoms with van der Waals surface area (Å²) in [5, 5.41) is 9.60. The third-order valence-electron chi connectivity index (χ3n) is 2.19. The highest BCUT2D eigenvalue weighted by molar-refractivity contribution is 5.38. The van der Waals surface area contributed by atoms with Crippen LogP contribution >= 0.6 is 0 Å². The van der Waals surface area contributed by atoms with E-state index < -0.39 is 0 Å². The molecule has 0 unspecified atom stereocenters. The van der Waals surface area contributed by atoms with Crippen molar-refractivity contribution in [2.45, 2.75) is 33.1 Å². The molecule has 0 heterocycles. The largest absolute Gasteiger partial charge is 0.508 e. The Labute approximate surface area is 85.8 Å². The van der Waals surface area contributed by atoms with Crippen molar-refractivity contribution in [1.82, 2.24) is 0 Å². The summed E-state index contributed by atoms with van der Waals surface area (Å²) in [6, 6.07) is 5.61. The van der Waals surface area contributed by atoms with Crippen molar-refractivity contribution in [2.24, 2.45) is 0 Å². The molecule has 0 bridgehead atoms. The van der Waals surface area contributed by atoms with E-state index >= 15 is 0 Å². The van der Waals surface area contributed by atoms with E-state index in [4.69, 9.17) is 0 Å². The van der Waals surface area contributed by atoms with Gasteiger partial charge in [0, 0.05) is 12.8 Å². The summed E-state index contributed by atoms with van der Waals surface area (Å²) < 4.78 is 0. The smallest absolute Gasteiger partial charge is 0.119 e. The normalized spacial score (nSPS) is 9.29. The number of phenols is 1. The van der Waals surface area contributed by atoms with Gasteiger partial charge in [-0.15, -0.1) is 11.8 Å². The monoisotopic (exact) mass is 188 g/mol. The first-order valence-electron chi connectivity index (χ1n) is 4.99. The van der Waals surface area contributed by atoms with Gasteiger partial charge in [-0.3, -0.25) is 0 Å². The van der Waals surface area contributed by atoms with Crippen molar-refractivity contribution in [3.63, 3.8) is 0 Å². The molecule has 0 amide bonds. The molecule has 1 aromatic carbocycles. The van der Waals surface area contributed by atoms with E-state index in [9.17, 15) is 5.11 Å². The van der Waals surface area contributed by atoms with Crippen LogP contribution in [0.2, 0.25) is 0 Å². The number of phenolic OH excluding ortho intramolecular Hbond substituents is 1. The molecule has 74 valence electrons. The van der Waals surface area contributed by atoms with Gasteiger partial charge in [-0.2, -0.15) is 0 Å². The molecule has 1 rings (SSSR count). The Hall–Kier alpha value is -1.42. The van der Waals surface area contributed by atoms with Crippen LogP contribution in [0.25, 0.3) is 0 Å². The lowest BCUT2D eigenvalue weighted by molar-refractivity contribution is 0.467. The van der Waals surface area contributed by atoms with Gasteiger partial charge in [-0.1, -0.05) is 19.1 Å². The Bertz CT molecular complexity index is 335. The van der Waals surface area contributed by atoms with E-state index in [0.29, 0.717) is 5.75 Å². The van der Waals surface area contributed by atoms with E-state index in [1.54, 1.807) is 6.07 Å². The Morgan fingerprint density at radius 2 is 2.07 bits per heavy atom. The molecule has 0 saturated heterocycles. The highest BCUT2D eigenvalue weighted by Crippen LogP contribution is 2.21. The summed E-state index contributed by atoms with van der Waals surface area (Å²) in [5.41, 5.74) is 2.17. The molecule has 0 aliphatic carbocycles. The number of hydrogen-bond donors (Lipinski definition) is 1. The molecule has 0 aliphatic rings. The van der Waals surface area contributed by atoms with Crippen LogP contribution in [-0.4, -0.2) is 5.11 Å². The number of aryl methyl sites for hydroxylation is 1. The standard InChI is InChI=1S/C13H16O/c1-3-4-5-6-9-12-11(2)8-7-10-13(12)14/h7-8,10,14H,3,6,9H2,1-2H3. The van der Waals surface area contributed by atoms with Crippen LogP contribution in [0.5, 0.6) is 5.75 Å². The van der Waals surface area contributed by atoms with Gasteiger partial charge in [0.15, 0.2) is 0 Å². The van der Waals surface area contributed by atoms with Crippen molar-refractivity contribution in [2.75, 3.05) is 0 Å². The molecule has 1 N–H and O–H groups in total. The highest BCUT2D eigenvalue weighted by atomic mass is 16.3. The van der Waals surface area contributed by atoms with E-state index in [-0.39, 0.29) is 0 Å². The van der Waals surface area contributed by atoms with Crippen LogP contribution in [0.3, 0.4) is 0 Å². The van der Waals surface area contributed by atoms with Crippen molar-refractivity contribution >= 4 is 0 Å². The first-order chi connectivity index (χ1) is 6.75. The third-order valence-corrected chi connectivity index (χ3v) is 2.19. The van der Waals surface area contributed by atoms with Crippen LogP contribution < -0.4 is 0 Å². The van der Waals surface area contributed by atoms with Crippen molar-refractivity contribution in [3.8, 4) is 17.6 Å². The molecule has 0 spiro atoms. The summed E-state index contributed by atoms with van der Waals surface area (Å²) in [4.78, 5) is 0. The minimum Gasteiger partial charge on any atom is -0.508 e. The maximum Gasteiger partial charge on any atom is 0.119 e. The molecule has 1 heteroatoms. The van der Waals surface area contributed by atoms with Gasteiger partial charge in [-0.05, 0) is 30.5 Å². The van der Waals surface area contributed by atoms with E-state index in [1.807, 2.05) is 26.0 Å². The molecule has 0 aliphatic heterocycles. The summed E-state index contributed by atoms with van der Waals surface area (Å²) in [6.07, 6.45) is 2.57. The van der Waals surface area contributed by atoms with E-state index in [2.05, 4.69) is 11.8 Å².